The zero-order valence-corrected chi connectivity index (χ0v) is 14.8. The minimum absolute atomic E-state index is 0. The molecule has 0 saturated heterocycles. The van der Waals surface area contributed by atoms with E-state index in [-0.39, 0.29) is 78.9 Å². The van der Waals surface area contributed by atoms with E-state index in [9.17, 15) is 14.7 Å². The molecule has 0 rings (SSSR count). The van der Waals surface area contributed by atoms with E-state index in [0.717, 1.165) is 0 Å². The van der Waals surface area contributed by atoms with E-state index in [2.05, 4.69) is 10.6 Å². The van der Waals surface area contributed by atoms with Gasteiger partial charge < -0.3 is 35.9 Å². The minimum Gasteiger partial charge on any atom is -0.549 e. The number of hydrogen-bond donors (Lipinski definition) is 5. The van der Waals surface area contributed by atoms with Crippen LogP contribution in [0.5, 0.6) is 0 Å². The Hall–Kier alpha value is 0.780. The molecule has 0 aromatic carbocycles. The van der Waals surface area contributed by atoms with E-state index in [1.165, 1.54) is 0 Å². The van der Waals surface area contributed by atoms with Crippen LogP contribution in [0, 0.1) is 0 Å². The van der Waals surface area contributed by atoms with Gasteiger partial charge in [0.2, 0.25) is 0 Å². The van der Waals surface area contributed by atoms with Crippen LogP contribution in [0.4, 0.5) is 0 Å². The average molecular weight is 283 g/mol. The first-order valence-corrected chi connectivity index (χ1v) is 4.59. The molecule has 18 heavy (non-hydrogen) atoms. The maximum atomic E-state index is 9.70. The molecule has 10 heteroatoms. The van der Waals surface area contributed by atoms with Gasteiger partial charge >= 0.3 is 65.1 Å². The van der Waals surface area contributed by atoms with Crippen LogP contribution in [0.15, 0.2) is 0 Å². The van der Waals surface area contributed by atoms with Gasteiger partial charge in [-0.25, -0.2) is 0 Å². The number of carbonyl (C=O) groups is 2. The number of aliphatic hydroxyl groups excluding tert-OH is 2. The molecule has 0 bridgehead atoms. The predicted molar refractivity (Wildman–Crippen MR) is 52.6 cm³/mol. The van der Waals surface area contributed by atoms with E-state index in [0.29, 0.717) is 13.1 Å². The van der Waals surface area contributed by atoms with Gasteiger partial charge in [-0.3, -0.25) is 4.79 Å². The monoisotopic (exact) mass is 283 g/mol. The van der Waals surface area contributed by atoms with Gasteiger partial charge in [0.1, 0.15) is 0 Å². The Morgan fingerprint density at radius 3 is 1.67 bits per heavy atom. The molecule has 0 heterocycles. The van der Waals surface area contributed by atoms with E-state index in [1.807, 2.05) is 0 Å². The zero-order valence-electron chi connectivity index (χ0n) is 10.8. The van der Waals surface area contributed by atoms with Gasteiger partial charge in [0, 0.05) is 19.6 Å². The second-order valence-electron chi connectivity index (χ2n) is 2.57. The molecule has 8 nitrogen and oxygen atoms in total. The van der Waals surface area contributed by atoms with Crippen molar-refractivity contribution in [3.63, 3.8) is 0 Å². The van der Waals surface area contributed by atoms with Crippen LogP contribution >= 0.6 is 0 Å². The van der Waals surface area contributed by atoms with Gasteiger partial charge in [0.25, 0.3) is 0 Å². The van der Waals surface area contributed by atoms with Gasteiger partial charge in [-0.2, -0.15) is 0 Å². The fourth-order valence-corrected chi connectivity index (χ4v) is 0.555. The van der Waals surface area contributed by atoms with Gasteiger partial charge in [0.05, 0.1) is 25.7 Å². The van der Waals surface area contributed by atoms with E-state index in [1.54, 1.807) is 0 Å². The smallest absolute Gasteiger partial charge is 0.549 e. The van der Waals surface area contributed by atoms with E-state index in [4.69, 9.17) is 15.3 Å². The summed E-state index contributed by atoms with van der Waals surface area (Å²) in [5.41, 5.74) is 0. The first-order chi connectivity index (χ1) is 7.54. The molecule has 0 aliphatic heterocycles. The number of carboxylic acid groups (broad SMARTS) is 2. The molecule has 0 aromatic rings. The number of hydrogen-bond acceptors (Lipinski definition) is 7. The minimum atomic E-state index is -1.31. The van der Waals surface area contributed by atoms with Gasteiger partial charge in [-0.15, -0.1) is 0 Å². The number of rotatable bonds is 8. The summed E-state index contributed by atoms with van der Waals surface area (Å²) in [5.74, 6) is -2.40. The number of nitrogens with one attached hydrogen (secondary N) is 2. The molecular formula is C8H17N2Na2O6+. The van der Waals surface area contributed by atoms with Crippen molar-refractivity contribution in [2.24, 2.45) is 0 Å². The van der Waals surface area contributed by atoms with Crippen molar-refractivity contribution in [1.29, 1.82) is 0 Å². The first-order valence-electron chi connectivity index (χ1n) is 4.59. The summed E-state index contributed by atoms with van der Waals surface area (Å²) in [4.78, 5) is 19.3. The summed E-state index contributed by atoms with van der Waals surface area (Å²) in [7, 11) is 0. The predicted octanol–water partition coefficient (Wildman–Crippen LogP) is -10.0. The third-order valence-electron chi connectivity index (χ3n) is 1.12. The van der Waals surface area contributed by atoms with Crippen LogP contribution in [0.2, 0.25) is 0 Å². The second-order valence-corrected chi connectivity index (χ2v) is 2.57. The van der Waals surface area contributed by atoms with Crippen LogP contribution in [-0.2, 0) is 9.59 Å². The maximum Gasteiger partial charge on any atom is 1.00 e. The fraction of sp³-hybridized carbons (Fsp3) is 0.750. The van der Waals surface area contributed by atoms with Crippen LogP contribution in [0.1, 0.15) is 0 Å². The number of aliphatic hydroxyl groups is 2. The molecule has 0 radical (unpaired) electrons. The Kier molecular flexibility index (Phi) is 34.6. The molecule has 0 fully saturated rings. The molecule has 0 aliphatic carbocycles. The Morgan fingerprint density at radius 1 is 0.944 bits per heavy atom. The molecule has 0 saturated carbocycles. The third-order valence-corrected chi connectivity index (χ3v) is 1.12. The normalized spacial score (nSPS) is 8.11. The van der Waals surface area contributed by atoms with Gasteiger partial charge in [0.15, 0.2) is 0 Å². The third kappa shape index (κ3) is 36.0. The summed E-state index contributed by atoms with van der Waals surface area (Å²) >= 11 is 0. The van der Waals surface area contributed by atoms with Crippen molar-refractivity contribution in [1.82, 2.24) is 10.6 Å². The largest absolute Gasteiger partial charge is 1.00 e. The molecule has 5 N–H and O–H groups in total. The topological polar surface area (TPSA) is 142 Å². The summed E-state index contributed by atoms with van der Waals surface area (Å²) in [6.07, 6.45) is 0. The van der Waals surface area contributed by atoms with Crippen LogP contribution in [0.25, 0.3) is 0 Å². The maximum absolute atomic E-state index is 9.70. The number of carboxylic acids is 2. The molecule has 0 spiro atoms. The van der Waals surface area contributed by atoms with Crippen molar-refractivity contribution in [2.75, 3.05) is 39.4 Å². The summed E-state index contributed by atoms with van der Waals surface area (Å²) in [5, 5.41) is 38.8. The van der Waals surface area contributed by atoms with Crippen molar-refractivity contribution >= 4 is 11.9 Å². The molecule has 0 aromatic heterocycles. The summed E-state index contributed by atoms with van der Waals surface area (Å²) in [6, 6.07) is 0. The van der Waals surface area contributed by atoms with Gasteiger partial charge in [-0.1, -0.05) is 0 Å². The van der Waals surface area contributed by atoms with Crippen molar-refractivity contribution in [3.05, 3.63) is 0 Å². The summed E-state index contributed by atoms with van der Waals surface area (Å²) in [6.45, 7) is 0.640. The number of aliphatic carboxylic acids is 2. The van der Waals surface area contributed by atoms with Crippen molar-refractivity contribution in [2.45, 2.75) is 0 Å². The molecule has 0 atom stereocenters. The van der Waals surface area contributed by atoms with Crippen LogP contribution < -0.4 is 74.9 Å². The Labute approximate surface area is 150 Å². The van der Waals surface area contributed by atoms with Crippen molar-refractivity contribution in [3.8, 4) is 0 Å². The quantitative estimate of drug-likeness (QED) is 0.218. The molecule has 0 amide bonds. The SMILES string of the molecule is O=C([O-])CNCC(=O)O.OCCNCCO.[Na+].[Na+]. The fourth-order valence-electron chi connectivity index (χ4n) is 0.555. The molecular weight excluding hydrogens is 266 g/mol. The van der Waals surface area contributed by atoms with E-state index < -0.39 is 18.5 Å². The first kappa shape index (κ1) is 27.2. The van der Waals surface area contributed by atoms with Gasteiger partial charge in [-0.05, 0) is 0 Å². The number of carbonyl (C=O) groups excluding carboxylic acids is 1. The van der Waals surface area contributed by atoms with E-state index >= 15 is 0 Å². The molecule has 96 valence electrons. The second kappa shape index (κ2) is 22.9. The molecule has 0 aliphatic rings. The Balaban J connectivity index is -0.000000100. The zero-order chi connectivity index (χ0) is 12.8. The molecule has 0 unspecified atom stereocenters. The van der Waals surface area contributed by atoms with Crippen molar-refractivity contribution < 1.29 is 89.1 Å². The standard InChI is InChI=1S/C4H7NO4.C4H11NO2.2Na/c6-3(7)1-5-2-4(8)9;6-3-1-5-2-4-7;;/h5H,1-2H2,(H,6,7)(H,8,9);5-7H,1-4H2;;/q;;2*+1/p-1. The van der Waals surface area contributed by atoms with Crippen LogP contribution in [0.3, 0.4) is 0 Å². The van der Waals surface area contributed by atoms with Crippen LogP contribution in [-0.4, -0.2) is 66.7 Å². The average Bonchev–Trinajstić information content (AvgIpc) is 2.18. The Bertz CT molecular complexity index is 178. The summed E-state index contributed by atoms with van der Waals surface area (Å²) < 4.78 is 0. The Morgan fingerprint density at radius 2 is 1.39 bits per heavy atom.